The van der Waals surface area contributed by atoms with E-state index in [9.17, 15) is 4.79 Å². The molecule has 4 heteroatoms. The van der Waals surface area contributed by atoms with Crippen molar-refractivity contribution >= 4 is 11.6 Å². The van der Waals surface area contributed by atoms with Crippen LogP contribution in [0.1, 0.15) is 16.7 Å². The summed E-state index contributed by atoms with van der Waals surface area (Å²) < 4.78 is 5.56. The molecule has 0 saturated heterocycles. The smallest absolute Gasteiger partial charge is 0.262 e. The van der Waals surface area contributed by atoms with Gasteiger partial charge in [0.15, 0.2) is 6.61 Å². The molecular formula is C23H24N2O2. The SMILES string of the molecule is Cc1ccc(NC(=O)COc2ccc(CNCc3ccccc3)cc2)cc1. The Morgan fingerprint density at radius 1 is 0.815 bits per heavy atom. The van der Waals surface area contributed by atoms with E-state index < -0.39 is 0 Å². The van der Waals surface area contributed by atoms with Crippen LogP contribution in [0.3, 0.4) is 0 Å². The summed E-state index contributed by atoms with van der Waals surface area (Å²) in [5, 5.41) is 6.23. The van der Waals surface area contributed by atoms with Gasteiger partial charge in [0.1, 0.15) is 5.75 Å². The van der Waals surface area contributed by atoms with Crippen LogP contribution < -0.4 is 15.4 Å². The van der Waals surface area contributed by atoms with Crippen molar-refractivity contribution in [2.75, 3.05) is 11.9 Å². The summed E-state index contributed by atoms with van der Waals surface area (Å²) in [7, 11) is 0. The van der Waals surface area contributed by atoms with Gasteiger partial charge >= 0.3 is 0 Å². The Hall–Kier alpha value is -3.11. The van der Waals surface area contributed by atoms with E-state index >= 15 is 0 Å². The number of amides is 1. The van der Waals surface area contributed by atoms with Gasteiger partial charge in [-0.05, 0) is 42.3 Å². The zero-order chi connectivity index (χ0) is 18.9. The van der Waals surface area contributed by atoms with Crippen molar-refractivity contribution in [1.29, 1.82) is 0 Å². The van der Waals surface area contributed by atoms with Crippen molar-refractivity contribution < 1.29 is 9.53 Å². The van der Waals surface area contributed by atoms with Crippen molar-refractivity contribution in [2.24, 2.45) is 0 Å². The fourth-order valence-electron chi connectivity index (χ4n) is 2.63. The van der Waals surface area contributed by atoms with E-state index in [4.69, 9.17) is 4.74 Å². The lowest BCUT2D eigenvalue weighted by Crippen LogP contribution is -2.20. The molecule has 0 aliphatic carbocycles. The number of carbonyl (C=O) groups excluding carboxylic acids is 1. The molecule has 0 radical (unpaired) electrons. The van der Waals surface area contributed by atoms with E-state index in [1.165, 1.54) is 11.1 Å². The first-order valence-corrected chi connectivity index (χ1v) is 9.02. The lowest BCUT2D eigenvalue weighted by atomic mass is 10.2. The fourth-order valence-corrected chi connectivity index (χ4v) is 2.63. The van der Waals surface area contributed by atoms with E-state index in [1.54, 1.807) is 0 Å². The maximum absolute atomic E-state index is 12.0. The van der Waals surface area contributed by atoms with Crippen molar-refractivity contribution in [2.45, 2.75) is 20.0 Å². The van der Waals surface area contributed by atoms with Gasteiger partial charge in [0.2, 0.25) is 0 Å². The van der Waals surface area contributed by atoms with Gasteiger partial charge in [-0.3, -0.25) is 4.79 Å². The highest BCUT2D eigenvalue weighted by atomic mass is 16.5. The number of anilines is 1. The first-order valence-electron chi connectivity index (χ1n) is 9.02. The van der Waals surface area contributed by atoms with Gasteiger partial charge in [-0.2, -0.15) is 0 Å². The number of benzene rings is 3. The van der Waals surface area contributed by atoms with Crippen LogP contribution in [0.5, 0.6) is 5.75 Å². The number of hydrogen-bond acceptors (Lipinski definition) is 3. The quantitative estimate of drug-likeness (QED) is 0.630. The number of rotatable bonds is 8. The molecule has 0 saturated carbocycles. The van der Waals surface area contributed by atoms with Crippen LogP contribution in [0.25, 0.3) is 0 Å². The van der Waals surface area contributed by atoms with Gasteiger partial charge in [0.25, 0.3) is 5.91 Å². The molecule has 3 aromatic rings. The maximum atomic E-state index is 12.0. The van der Waals surface area contributed by atoms with Crippen LogP contribution in [0.2, 0.25) is 0 Å². The molecule has 0 spiro atoms. The molecular weight excluding hydrogens is 336 g/mol. The predicted molar refractivity (Wildman–Crippen MR) is 109 cm³/mol. The summed E-state index contributed by atoms with van der Waals surface area (Å²) in [6.45, 7) is 3.61. The van der Waals surface area contributed by atoms with Gasteiger partial charge in [-0.1, -0.05) is 60.2 Å². The largest absolute Gasteiger partial charge is 0.484 e. The minimum absolute atomic E-state index is 0.0144. The number of hydrogen-bond donors (Lipinski definition) is 2. The molecule has 0 heterocycles. The molecule has 3 rings (SSSR count). The lowest BCUT2D eigenvalue weighted by Gasteiger charge is -2.09. The summed E-state index contributed by atoms with van der Waals surface area (Å²) in [6.07, 6.45) is 0. The number of nitrogens with one attached hydrogen (secondary N) is 2. The predicted octanol–water partition coefficient (Wildman–Crippen LogP) is 4.30. The third kappa shape index (κ3) is 6.28. The Balaban J connectivity index is 1.40. The first-order chi connectivity index (χ1) is 13.2. The molecule has 0 aliphatic rings. The summed E-state index contributed by atoms with van der Waals surface area (Å²) in [5.41, 5.74) is 4.36. The summed E-state index contributed by atoms with van der Waals surface area (Å²) >= 11 is 0. The molecule has 4 nitrogen and oxygen atoms in total. The minimum Gasteiger partial charge on any atom is -0.484 e. The Morgan fingerprint density at radius 2 is 1.44 bits per heavy atom. The maximum Gasteiger partial charge on any atom is 0.262 e. The Kier molecular flexibility index (Phi) is 6.61. The average molecular weight is 360 g/mol. The molecule has 27 heavy (non-hydrogen) atoms. The van der Waals surface area contributed by atoms with Gasteiger partial charge in [-0.15, -0.1) is 0 Å². The molecule has 1 amide bonds. The topological polar surface area (TPSA) is 50.4 Å². The highest BCUT2D eigenvalue weighted by molar-refractivity contribution is 5.91. The van der Waals surface area contributed by atoms with Crippen LogP contribution in [0.4, 0.5) is 5.69 Å². The van der Waals surface area contributed by atoms with Gasteiger partial charge < -0.3 is 15.4 Å². The third-order valence-electron chi connectivity index (χ3n) is 4.13. The first kappa shape index (κ1) is 18.7. The van der Waals surface area contributed by atoms with Crippen molar-refractivity contribution in [3.8, 4) is 5.75 Å². The zero-order valence-corrected chi connectivity index (χ0v) is 15.4. The van der Waals surface area contributed by atoms with E-state index in [0.29, 0.717) is 5.75 Å². The minimum atomic E-state index is -0.174. The average Bonchev–Trinajstić information content (AvgIpc) is 2.70. The van der Waals surface area contributed by atoms with Crippen LogP contribution in [0, 0.1) is 6.92 Å². The number of carbonyl (C=O) groups is 1. The van der Waals surface area contributed by atoms with Crippen LogP contribution in [-0.2, 0) is 17.9 Å². The molecule has 2 N–H and O–H groups in total. The number of ether oxygens (including phenoxy) is 1. The molecule has 0 aromatic heterocycles. The molecule has 0 fully saturated rings. The molecule has 3 aromatic carbocycles. The molecule has 0 aliphatic heterocycles. The van der Waals surface area contributed by atoms with Gasteiger partial charge in [0, 0.05) is 18.8 Å². The standard InChI is InChI=1S/C23H24N2O2/c1-18-7-11-21(12-8-18)25-23(26)17-27-22-13-9-20(10-14-22)16-24-15-19-5-3-2-4-6-19/h2-14,24H,15-17H2,1H3,(H,25,26). The van der Waals surface area contributed by atoms with Crippen molar-refractivity contribution in [3.63, 3.8) is 0 Å². The fraction of sp³-hybridized carbons (Fsp3) is 0.174. The molecule has 0 atom stereocenters. The molecule has 138 valence electrons. The number of aryl methyl sites for hydroxylation is 1. The van der Waals surface area contributed by atoms with Crippen LogP contribution in [0.15, 0.2) is 78.9 Å². The van der Waals surface area contributed by atoms with Gasteiger partial charge in [-0.25, -0.2) is 0 Å². The van der Waals surface area contributed by atoms with Gasteiger partial charge in [0.05, 0.1) is 0 Å². The highest BCUT2D eigenvalue weighted by Gasteiger charge is 2.04. The summed E-state index contributed by atoms with van der Waals surface area (Å²) in [6, 6.07) is 25.8. The van der Waals surface area contributed by atoms with E-state index in [0.717, 1.165) is 24.3 Å². The van der Waals surface area contributed by atoms with Crippen molar-refractivity contribution in [1.82, 2.24) is 5.32 Å². The second-order valence-corrected chi connectivity index (χ2v) is 6.44. The zero-order valence-electron chi connectivity index (χ0n) is 15.4. The Labute approximate surface area is 160 Å². The van der Waals surface area contributed by atoms with Crippen LogP contribution >= 0.6 is 0 Å². The monoisotopic (exact) mass is 360 g/mol. The lowest BCUT2D eigenvalue weighted by molar-refractivity contribution is -0.118. The Morgan fingerprint density at radius 3 is 2.11 bits per heavy atom. The third-order valence-corrected chi connectivity index (χ3v) is 4.13. The summed E-state index contributed by atoms with van der Waals surface area (Å²) in [5.74, 6) is 0.508. The Bertz CT molecular complexity index is 844. The van der Waals surface area contributed by atoms with Crippen molar-refractivity contribution in [3.05, 3.63) is 95.6 Å². The van der Waals surface area contributed by atoms with Crippen LogP contribution in [-0.4, -0.2) is 12.5 Å². The highest BCUT2D eigenvalue weighted by Crippen LogP contribution is 2.13. The normalized spacial score (nSPS) is 10.4. The second-order valence-electron chi connectivity index (χ2n) is 6.44. The molecule has 0 unspecified atom stereocenters. The van der Waals surface area contributed by atoms with E-state index in [2.05, 4.69) is 22.8 Å². The van der Waals surface area contributed by atoms with E-state index in [1.807, 2.05) is 73.7 Å². The van der Waals surface area contributed by atoms with E-state index in [-0.39, 0.29) is 12.5 Å². The summed E-state index contributed by atoms with van der Waals surface area (Å²) in [4.78, 5) is 12.0. The molecule has 0 bridgehead atoms. The second kappa shape index (κ2) is 9.55.